The summed E-state index contributed by atoms with van der Waals surface area (Å²) in [5.74, 6) is 1.94. The molecule has 3 heterocycles. The second-order valence-electron chi connectivity index (χ2n) is 13.3. The number of hydrogen-bond acceptors (Lipinski definition) is 4. The zero-order valence-electron chi connectivity index (χ0n) is 27.9. The number of fused-ring (bicyclic) bond motifs is 8. The maximum Gasteiger partial charge on any atom is 0.164 e. The van der Waals surface area contributed by atoms with Gasteiger partial charge in [0, 0.05) is 53.3 Å². The summed E-state index contributed by atoms with van der Waals surface area (Å²) in [5.41, 5.74) is 6.26. The van der Waals surface area contributed by atoms with Gasteiger partial charge in [-0.1, -0.05) is 115 Å². The fourth-order valence-electron chi connectivity index (χ4n) is 7.76. The number of thiophene rings is 1. The lowest BCUT2D eigenvalue weighted by molar-refractivity contribution is 1.07. The van der Waals surface area contributed by atoms with Gasteiger partial charge in [0.2, 0.25) is 0 Å². The molecule has 11 rings (SSSR count). The summed E-state index contributed by atoms with van der Waals surface area (Å²) in [6.45, 7) is 0. The molecule has 5 heteroatoms. The topological polar surface area (TPSA) is 43.6 Å². The molecule has 0 spiro atoms. The summed E-state index contributed by atoms with van der Waals surface area (Å²) in [6, 6.07) is 60.4. The number of aromatic nitrogens is 4. The van der Waals surface area contributed by atoms with Crippen LogP contribution >= 0.6 is 11.3 Å². The zero-order chi connectivity index (χ0) is 34.2. The van der Waals surface area contributed by atoms with Crippen LogP contribution in [0.1, 0.15) is 0 Å². The maximum absolute atomic E-state index is 5.21. The summed E-state index contributed by atoms with van der Waals surface area (Å²) >= 11 is 1.81. The molecule has 0 bridgehead atoms. The van der Waals surface area contributed by atoms with E-state index in [-0.39, 0.29) is 0 Å². The number of nitrogens with zero attached hydrogens (tertiary/aromatic N) is 4. The van der Waals surface area contributed by atoms with Crippen LogP contribution in [0, 0.1) is 0 Å². The lowest BCUT2D eigenvalue weighted by Crippen LogP contribution is -2.01. The minimum atomic E-state index is 0.635. The second kappa shape index (κ2) is 11.4. The first-order valence-electron chi connectivity index (χ1n) is 17.4. The molecule has 0 N–H and O–H groups in total. The van der Waals surface area contributed by atoms with Crippen molar-refractivity contribution in [2.24, 2.45) is 0 Å². The molecule has 0 unspecified atom stereocenters. The Labute approximate surface area is 302 Å². The van der Waals surface area contributed by atoms with Crippen LogP contribution < -0.4 is 0 Å². The van der Waals surface area contributed by atoms with Crippen molar-refractivity contribution in [1.29, 1.82) is 0 Å². The van der Waals surface area contributed by atoms with Gasteiger partial charge < -0.3 is 4.57 Å². The molecule has 0 fully saturated rings. The van der Waals surface area contributed by atoms with Crippen molar-refractivity contribution < 1.29 is 0 Å². The average molecular weight is 681 g/mol. The first kappa shape index (κ1) is 29.1. The van der Waals surface area contributed by atoms with Gasteiger partial charge in [-0.3, -0.25) is 0 Å². The molecule has 242 valence electrons. The van der Waals surface area contributed by atoms with E-state index in [1.165, 1.54) is 47.2 Å². The van der Waals surface area contributed by atoms with Gasteiger partial charge in [-0.2, -0.15) is 0 Å². The first-order chi connectivity index (χ1) is 25.7. The Kier molecular flexibility index (Phi) is 6.39. The molecule has 0 amide bonds. The van der Waals surface area contributed by atoms with E-state index in [0.29, 0.717) is 17.5 Å². The summed E-state index contributed by atoms with van der Waals surface area (Å²) in [7, 11) is 0. The third-order valence-corrected chi connectivity index (χ3v) is 11.4. The molecule has 0 saturated carbocycles. The molecule has 3 aromatic heterocycles. The van der Waals surface area contributed by atoms with Gasteiger partial charge in [-0.05, 0) is 76.1 Å². The van der Waals surface area contributed by atoms with Crippen LogP contribution in [-0.4, -0.2) is 19.5 Å². The highest BCUT2D eigenvalue weighted by Crippen LogP contribution is 2.38. The SMILES string of the molecule is c1cc(-c2nc(-c3ccc4sc5ccccc5c4c3)nc(-c3cccc4ccccc34)n2)cc(-n2c3ccccc3c3cc4ccccc4cc32)c1. The summed E-state index contributed by atoms with van der Waals surface area (Å²) in [4.78, 5) is 15.6. The summed E-state index contributed by atoms with van der Waals surface area (Å²) < 4.78 is 4.89. The maximum atomic E-state index is 5.21. The molecule has 0 radical (unpaired) electrons. The number of para-hydroxylation sites is 1. The lowest BCUT2D eigenvalue weighted by atomic mass is 10.0. The van der Waals surface area contributed by atoms with E-state index in [1.54, 1.807) is 0 Å². The van der Waals surface area contributed by atoms with E-state index in [1.807, 2.05) is 11.3 Å². The Bertz CT molecular complexity index is 3200. The van der Waals surface area contributed by atoms with Crippen LogP contribution in [0.5, 0.6) is 0 Å². The molecule has 8 aromatic carbocycles. The Morgan fingerprint density at radius 2 is 1.00 bits per heavy atom. The molecule has 0 atom stereocenters. The van der Waals surface area contributed by atoms with Gasteiger partial charge in [0.15, 0.2) is 17.5 Å². The van der Waals surface area contributed by atoms with E-state index >= 15 is 0 Å². The molecular weight excluding hydrogens is 653 g/mol. The Morgan fingerprint density at radius 3 is 1.87 bits per heavy atom. The van der Waals surface area contributed by atoms with Gasteiger partial charge >= 0.3 is 0 Å². The molecule has 0 aliphatic carbocycles. The third kappa shape index (κ3) is 4.57. The fourth-order valence-corrected chi connectivity index (χ4v) is 8.84. The van der Waals surface area contributed by atoms with E-state index in [9.17, 15) is 0 Å². The Hall–Kier alpha value is -6.69. The molecular formula is C47H28N4S. The summed E-state index contributed by atoms with van der Waals surface area (Å²) in [6.07, 6.45) is 0. The van der Waals surface area contributed by atoms with E-state index in [4.69, 9.17) is 15.0 Å². The minimum absolute atomic E-state index is 0.635. The van der Waals surface area contributed by atoms with Crippen molar-refractivity contribution in [1.82, 2.24) is 19.5 Å². The third-order valence-electron chi connectivity index (χ3n) is 10.2. The summed E-state index contributed by atoms with van der Waals surface area (Å²) in [5, 5.41) is 9.63. The van der Waals surface area contributed by atoms with Gasteiger partial charge in [-0.25, -0.2) is 15.0 Å². The normalized spacial score (nSPS) is 11.8. The fraction of sp³-hybridized carbons (Fsp3) is 0. The standard InChI is InChI=1S/C47H28N4S/c1-2-13-31-28-42-39(26-30(31)12-1)36-18-5-7-21-41(36)51(42)34-16-9-15-32(25-34)45-48-46(33-23-24-44-40(27-33)37-19-6-8-22-43(37)52-44)50-47(49-45)38-20-10-14-29-11-3-4-17-35(29)38/h1-28H. The monoisotopic (exact) mass is 680 g/mol. The quantitative estimate of drug-likeness (QED) is 0.186. The van der Waals surface area contributed by atoms with E-state index in [2.05, 4.69) is 174 Å². The highest BCUT2D eigenvalue weighted by molar-refractivity contribution is 7.25. The van der Waals surface area contributed by atoms with Crippen LogP contribution in [0.3, 0.4) is 0 Å². The van der Waals surface area contributed by atoms with Crippen LogP contribution in [0.25, 0.3) is 103 Å². The predicted octanol–water partition coefficient (Wildman–Crippen LogP) is 12.6. The highest BCUT2D eigenvalue weighted by atomic mass is 32.1. The average Bonchev–Trinajstić information content (AvgIpc) is 3.74. The number of rotatable bonds is 4. The largest absolute Gasteiger partial charge is 0.309 e. The van der Waals surface area contributed by atoms with E-state index in [0.717, 1.165) is 38.7 Å². The van der Waals surface area contributed by atoms with Gasteiger partial charge in [0.25, 0.3) is 0 Å². The first-order valence-corrected chi connectivity index (χ1v) is 18.3. The van der Waals surface area contributed by atoms with Gasteiger partial charge in [0.1, 0.15) is 0 Å². The molecule has 0 aliphatic heterocycles. The number of hydrogen-bond donors (Lipinski definition) is 0. The number of benzene rings is 8. The second-order valence-corrected chi connectivity index (χ2v) is 14.3. The van der Waals surface area contributed by atoms with Crippen molar-refractivity contribution in [3.05, 3.63) is 170 Å². The minimum Gasteiger partial charge on any atom is -0.309 e. The highest BCUT2D eigenvalue weighted by Gasteiger charge is 2.18. The van der Waals surface area contributed by atoms with Crippen molar-refractivity contribution in [3.63, 3.8) is 0 Å². The predicted molar refractivity (Wildman–Crippen MR) is 218 cm³/mol. The van der Waals surface area contributed by atoms with Crippen molar-refractivity contribution >= 4 is 74.9 Å². The van der Waals surface area contributed by atoms with Crippen LogP contribution in [0.2, 0.25) is 0 Å². The van der Waals surface area contributed by atoms with Crippen LogP contribution in [-0.2, 0) is 0 Å². The molecule has 4 nitrogen and oxygen atoms in total. The Balaban J connectivity index is 1.14. The Morgan fingerprint density at radius 1 is 0.365 bits per heavy atom. The van der Waals surface area contributed by atoms with Gasteiger partial charge in [0.05, 0.1) is 11.0 Å². The van der Waals surface area contributed by atoms with Crippen LogP contribution in [0.15, 0.2) is 170 Å². The van der Waals surface area contributed by atoms with Gasteiger partial charge in [-0.15, -0.1) is 11.3 Å². The molecule has 52 heavy (non-hydrogen) atoms. The van der Waals surface area contributed by atoms with Crippen LogP contribution in [0.4, 0.5) is 0 Å². The molecule has 0 saturated heterocycles. The smallest absolute Gasteiger partial charge is 0.164 e. The molecule has 11 aromatic rings. The van der Waals surface area contributed by atoms with Crippen molar-refractivity contribution in [3.8, 4) is 39.9 Å². The zero-order valence-corrected chi connectivity index (χ0v) is 28.7. The van der Waals surface area contributed by atoms with Crippen molar-refractivity contribution in [2.75, 3.05) is 0 Å². The van der Waals surface area contributed by atoms with Crippen molar-refractivity contribution in [2.45, 2.75) is 0 Å². The van der Waals surface area contributed by atoms with E-state index < -0.39 is 0 Å². The lowest BCUT2D eigenvalue weighted by Gasteiger charge is -2.12. The molecule has 0 aliphatic rings.